The minimum Gasteiger partial charge on any atom is -0.546 e. The van der Waals surface area contributed by atoms with Crippen molar-refractivity contribution in [2.24, 2.45) is 0 Å². The van der Waals surface area contributed by atoms with Gasteiger partial charge in [-0.3, -0.25) is 0 Å². The average Bonchev–Trinajstić information content (AvgIpc) is 2.51. The third-order valence-corrected chi connectivity index (χ3v) is 3.95. The molecule has 0 heterocycles. The van der Waals surface area contributed by atoms with Crippen LogP contribution in [0.25, 0.3) is 0 Å². The molecule has 116 valence electrons. The zero-order valence-corrected chi connectivity index (χ0v) is 16.4. The summed E-state index contributed by atoms with van der Waals surface area (Å²) in [6.07, 6.45) is 1.12. The Balaban J connectivity index is 0.00000264. The fourth-order valence-corrected chi connectivity index (χ4v) is 2.16. The van der Waals surface area contributed by atoms with E-state index in [4.69, 9.17) is 16.3 Å². The number of benzene rings is 2. The molecule has 3 nitrogen and oxygen atoms in total. The fraction of sp³-hybridized carbons (Fsp3) is 0.278. The second-order valence-corrected chi connectivity index (χ2v) is 5.86. The predicted molar refractivity (Wildman–Crippen MR) is 85.0 cm³/mol. The molecule has 0 N–H and O–H groups in total. The van der Waals surface area contributed by atoms with E-state index in [1.807, 2.05) is 36.4 Å². The van der Waals surface area contributed by atoms with Gasteiger partial charge in [-0.2, -0.15) is 0 Å². The van der Waals surface area contributed by atoms with Crippen molar-refractivity contribution >= 4 is 17.6 Å². The Morgan fingerprint density at radius 3 is 2.00 bits per heavy atom. The van der Waals surface area contributed by atoms with E-state index in [2.05, 4.69) is 0 Å². The van der Waals surface area contributed by atoms with Gasteiger partial charge in [0.2, 0.25) is 0 Å². The van der Waals surface area contributed by atoms with Crippen LogP contribution in [0.5, 0.6) is 5.75 Å². The first-order valence-corrected chi connectivity index (χ1v) is 7.54. The molecule has 5 heteroatoms. The van der Waals surface area contributed by atoms with Gasteiger partial charge in [0, 0.05) is 5.02 Å². The molecule has 0 bridgehead atoms. The minimum absolute atomic E-state index is 0. The molecule has 23 heavy (non-hydrogen) atoms. The molecule has 2 aromatic carbocycles. The number of carbonyl (C=O) groups is 1. The summed E-state index contributed by atoms with van der Waals surface area (Å²) in [5.41, 5.74) is 0.963. The van der Waals surface area contributed by atoms with Crippen molar-refractivity contribution in [3.05, 3.63) is 64.7 Å². The Bertz CT molecular complexity index is 640. The first-order valence-electron chi connectivity index (χ1n) is 7.17. The molecule has 0 aromatic heterocycles. The van der Waals surface area contributed by atoms with E-state index in [0.717, 1.165) is 17.5 Å². The molecular weight excluding hydrogens is 323 g/mol. The predicted octanol–water partition coefficient (Wildman–Crippen LogP) is 0.232. The third-order valence-electron chi connectivity index (χ3n) is 3.69. The van der Waals surface area contributed by atoms with Crippen molar-refractivity contribution in [2.75, 3.05) is 0 Å². The van der Waals surface area contributed by atoms with Gasteiger partial charge in [0.1, 0.15) is 11.4 Å². The number of rotatable bonds is 6. The van der Waals surface area contributed by atoms with Gasteiger partial charge >= 0.3 is 29.6 Å². The van der Waals surface area contributed by atoms with Gasteiger partial charge < -0.3 is 14.6 Å². The fourth-order valence-electron chi connectivity index (χ4n) is 2.03. The van der Waals surface area contributed by atoms with E-state index in [9.17, 15) is 9.90 Å². The van der Waals surface area contributed by atoms with Crippen molar-refractivity contribution in [2.45, 2.75) is 32.3 Å². The van der Waals surface area contributed by atoms with Gasteiger partial charge in [-0.25, -0.2) is 0 Å². The number of carbonyl (C=O) groups excluding carboxylic acids is 1. The first-order chi connectivity index (χ1) is 10.4. The summed E-state index contributed by atoms with van der Waals surface area (Å²) in [5.74, 6) is -0.686. The average molecular weight is 341 g/mol. The van der Waals surface area contributed by atoms with Crippen molar-refractivity contribution < 1.29 is 44.2 Å². The first kappa shape index (κ1) is 20.0. The normalized spacial score (nSPS) is 12.8. The van der Waals surface area contributed by atoms with Gasteiger partial charge in [-0.15, -0.1) is 0 Å². The molecule has 1 unspecified atom stereocenters. The zero-order valence-electron chi connectivity index (χ0n) is 13.6. The van der Waals surface area contributed by atoms with Crippen LogP contribution in [0.2, 0.25) is 5.02 Å². The van der Waals surface area contributed by atoms with Crippen LogP contribution in [0.15, 0.2) is 48.5 Å². The molecule has 0 amide bonds. The third kappa shape index (κ3) is 5.54. The van der Waals surface area contributed by atoms with E-state index < -0.39 is 11.6 Å². The Morgan fingerprint density at radius 2 is 1.57 bits per heavy atom. The van der Waals surface area contributed by atoms with E-state index >= 15 is 0 Å². The van der Waals surface area contributed by atoms with Crippen LogP contribution in [0.1, 0.15) is 31.4 Å². The van der Waals surface area contributed by atoms with Gasteiger partial charge in [0.15, 0.2) is 0 Å². The second kappa shape index (κ2) is 8.74. The number of carboxylic acids is 1. The Hall–Kier alpha value is -1.000. The zero-order chi connectivity index (χ0) is 16.2. The van der Waals surface area contributed by atoms with E-state index in [0.29, 0.717) is 17.2 Å². The number of hydrogen-bond acceptors (Lipinski definition) is 3. The summed E-state index contributed by atoms with van der Waals surface area (Å²) < 4.78 is 5.55. The molecule has 0 fully saturated rings. The Morgan fingerprint density at radius 1 is 1.09 bits per heavy atom. The van der Waals surface area contributed by atoms with Crippen LogP contribution in [0, 0.1) is 0 Å². The Kier molecular flexibility index (Phi) is 7.62. The van der Waals surface area contributed by atoms with Crippen molar-refractivity contribution in [3.63, 3.8) is 0 Å². The molecule has 2 rings (SSSR count). The van der Waals surface area contributed by atoms with Crippen LogP contribution >= 0.6 is 11.6 Å². The summed E-state index contributed by atoms with van der Waals surface area (Å²) in [5, 5.41) is 11.9. The summed E-state index contributed by atoms with van der Waals surface area (Å²) in [4.78, 5) is 11.1. The molecule has 0 saturated carbocycles. The van der Waals surface area contributed by atoms with E-state index in [1.165, 1.54) is 6.92 Å². The van der Waals surface area contributed by atoms with Crippen LogP contribution < -0.4 is 39.4 Å². The van der Waals surface area contributed by atoms with Gasteiger partial charge in [0.05, 0.1) is 5.97 Å². The summed E-state index contributed by atoms with van der Waals surface area (Å²) >= 11 is 5.87. The number of carboxylic acid groups (broad SMARTS) is 1. The smallest absolute Gasteiger partial charge is 0.546 e. The maximum Gasteiger partial charge on any atom is 1.00 e. The van der Waals surface area contributed by atoms with Crippen molar-refractivity contribution in [1.82, 2.24) is 0 Å². The quantitative estimate of drug-likeness (QED) is 0.708. The van der Waals surface area contributed by atoms with E-state index in [1.54, 1.807) is 19.1 Å². The maximum absolute atomic E-state index is 11.1. The summed E-state index contributed by atoms with van der Waals surface area (Å²) in [6.45, 7) is 3.27. The van der Waals surface area contributed by atoms with Crippen LogP contribution in [0.4, 0.5) is 0 Å². The Labute approximate surface area is 163 Å². The molecule has 0 aliphatic rings. The largest absolute Gasteiger partial charge is 1.00 e. The molecule has 0 aliphatic carbocycles. The number of halogens is 1. The molecule has 0 spiro atoms. The molecule has 0 saturated heterocycles. The summed E-state index contributed by atoms with van der Waals surface area (Å²) in [6, 6.07) is 15.1. The van der Waals surface area contributed by atoms with Gasteiger partial charge in [0.25, 0.3) is 0 Å². The van der Waals surface area contributed by atoms with Crippen LogP contribution in [0.3, 0.4) is 0 Å². The molecule has 1 atom stereocenters. The van der Waals surface area contributed by atoms with Crippen molar-refractivity contribution in [3.8, 4) is 5.75 Å². The standard InChI is InChI=1S/C18H19ClO3.Na/c1-3-18(2,17(20)21)22-16-10-6-14(7-11-16)12-13-4-8-15(19)9-5-13;/h4-11H,3,12H2,1-2H3,(H,20,21);/q;+1/p-1. The van der Waals surface area contributed by atoms with Crippen LogP contribution in [-0.4, -0.2) is 11.6 Å². The van der Waals surface area contributed by atoms with Gasteiger partial charge in [-0.1, -0.05) is 42.8 Å². The number of ether oxygens (including phenoxy) is 1. The number of hydrogen-bond donors (Lipinski definition) is 0. The molecular formula is C18H18ClNaO3. The van der Waals surface area contributed by atoms with Crippen LogP contribution in [-0.2, 0) is 11.2 Å². The molecule has 2 aromatic rings. The SMILES string of the molecule is CCC(C)(Oc1ccc(Cc2ccc(Cl)cc2)cc1)C(=O)[O-].[Na+]. The molecule has 0 radical (unpaired) electrons. The second-order valence-electron chi connectivity index (χ2n) is 5.42. The number of aliphatic carboxylic acids is 1. The van der Waals surface area contributed by atoms with Gasteiger partial charge in [-0.05, 0) is 55.2 Å². The summed E-state index contributed by atoms with van der Waals surface area (Å²) in [7, 11) is 0. The maximum atomic E-state index is 11.1. The monoisotopic (exact) mass is 340 g/mol. The van der Waals surface area contributed by atoms with Crippen molar-refractivity contribution in [1.29, 1.82) is 0 Å². The van der Waals surface area contributed by atoms with E-state index in [-0.39, 0.29) is 29.6 Å². The minimum atomic E-state index is -1.31. The molecule has 0 aliphatic heterocycles. The topological polar surface area (TPSA) is 49.4 Å².